The van der Waals surface area contributed by atoms with Crippen LogP contribution in [0.1, 0.15) is 23.6 Å². The summed E-state index contributed by atoms with van der Waals surface area (Å²) in [7, 11) is 0. The lowest BCUT2D eigenvalue weighted by Gasteiger charge is -2.03. The maximum Gasteiger partial charge on any atom is 0.160 e. The number of hydrogen-bond donors (Lipinski definition) is 0. The van der Waals surface area contributed by atoms with Crippen LogP contribution >= 0.6 is 38.6 Å². The Labute approximate surface area is 134 Å². The lowest BCUT2D eigenvalue weighted by Crippen LogP contribution is -1.83. The average Bonchev–Trinajstić information content (AvgIpc) is 3.01. The summed E-state index contributed by atoms with van der Waals surface area (Å²) in [5.74, 6) is 0.741. The molecule has 4 heteroatoms. The molecule has 0 N–H and O–H groups in total. The standard InChI is InChI=1S/C16H12BrNS2/c17-16-18-14(15(20-16)12-7-8-12)11-5-3-10(4-6-11)13-2-1-9-19-13/h1-6,9,12H,7-8H2. The van der Waals surface area contributed by atoms with E-state index in [0.717, 1.165) is 9.83 Å². The van der Waals surface area contributed by atoms with Crippen molar-refractivity contribution < 1.29 is 0 Å². The molecule has 1 nitrogen and oxygen atoms in total. The maximum atomic E-state index is 4.67. The Balaban J connectivity index is 1.72. The van der Waals surface area contributed by atoms with E-state index in [1.54, 1.807) is 22.7 Å². The zero-order chi connectivity index (χ0) is 13.5. The van der Waals surface area contributed by atoms with Crippen LogP contribution in [0, 0.1) is 0 Å². The van der Waals surface area contributed by atoms with Crippen molar-refractivity contribution in [3.8, 4) is 21.7 Å². The minimum atomic E-state index is 0.741. The second kappa shape index (κ2) is 5.10. The largest absolute Gasteiger partial charge is 0.229 e. The molecule has 0 unspecified atom stereocenters. The van der Waals surface area contributed by atoms with E-state index in [9.17, 15) is 0 Å². The monoisotopic (exact) mass is 361 g/mol. The fourth-order valence-corrected chi connectivity index (χ4v) is 4.78. The first-order chi connectivity index (χ1) is 9.81. The molecular formula is C16H12BrNS2. The van der Waals surface area contributed by atoms with E-state index in [0.29, 0.717) is 0 Å². The van der Waals surface area contributed by atoms with Gasteiger partial charge in [0.05, 0.1) is 5.69 Å². The van der Waals surface area contributed by atoms with Gasteiger partial charge in [0.15, 0.2) is 3.92 Å². The molecule has 1 aliphatic carbocycles. The SMILES string of the molecule is Brc1nc(-c2ccc(-c3cccs3)cc2)c(C2CC2)s1. The molecule has 2 aromatic heterocycles. The molecule has 100 valence electrons. The number of thiazole rings is 1. The van der Waals surface area contributed by atoms with Crippen LogP contribution in [0.3, 0.4) is 0 Å². The summed E-state index contributed by atoms with van der Waals surface area (Å²) in [4.78, 5) is 7.44. The van der Waals surface area contributed by atoms with Crippen molar-refractivity contribution in [1.29, 1.82) is 0 Å². The Hall–Kier alpha value is -0.970. The van der Waals surface area contributed by atoms with Crippen LogP contribution in [0.2, 0.25) is 0 Å². The predicted octanol–water partition coefficient (Wildman–Crippen LogP) is 6.18. The van der Waals surface area contributed by atoms with Crippen LogP contribution in [0.25, 0.3) is 21.7 Å². The third-order valence-corrected chi connectivity index (χ3v) is 6.13. The van der Waals surface area contributed by atoms with Gasteiger partial charge in [-0.3, -0.25) is 0 Å². The molecule has 0 aliphatic heterocycles. The number of benzene rings is 1. The van der Waals surface area contributed by atoms with E-state index >= 15 is 0 Å². The van der Waals surface area contributed by atoms with Crippen molar-refractivity contribution in [2.24, 2.45) is 0 Å². The fourth-order valence-electron chi connectivity index (χ4n) is 2.37. The summed E-state index contributed by atoms with van der Waals surface area (Å²) in [6.07, 6.45) is 2.63. The first kappa shape index (κ1) is 12.7. The number of aromatic nitrogens is 1. The smallest absolute Gasteiger partial charge is 0.160 e. The van der Waals surface area contributed by atoms with Crippen LogP contribution in [-0.2, 0) is 0 Å². The van der Waals surface area contributed by atoms with Crippen LogP contribution in [0.5, 0.6) is 0 Å². The van der Waals surface area contributed by atoms with Crippen molar-refractivity contribution in [2.45, 2.75) is 18.8 Å². The van der Waals surface area contributed by atoms with Crippen LogP contribution < -0.4 is 0 Å². The average molecular weight is 362 g/mol. The fraction of sp³-hybridized carbons (Fsp3) is 0.188. The molecule has 1 aliphatic rings. The van der Waals surface area contributed by atoms with Gasteiger partial charge in [-0.1, -0.05) is 30.3 Å². The summed E-state index contributed by atoms with van der Waals surface area (Å²) in [5.41, 5.74) is 3.68. The molecule has 0 spiro atoms. The topological polar surface area (TPSA) is 12.9 Å². The maximum absolute atomic E-state index is 4.67. The van der Waals surface area contributed by atoms with Gasteiger partial charge in [-0.2, -0.15) is 0 Å². The predicted molar refractivity (Wildman–Crippen MR) is 90.5 cm³/mol. The van der Waals surface area contributed by atoms with Crippen molar-refractivity contribution in [3.63, 3.8) is 0 Å². The zero-order valence-corrected chi connectivity index (χ0v) is 13.9. The molecule has 0 bridgehead atoms. The molecule has 0 amide bonds. The third-order valence-electron chi connectivity index (χ3n) is 3.54. The van der Waals surface area contributed by atoms with Gasteiger partial charge in [-0.05, 0) is 51.7 Å². The van der Waals surface area contributed by atoms with Gasteiger partial charge < -0.3 is 0 Å². The molecule has 1 saturated carbocycles. The van der Waals surface area contributed by atoms with Gasteiger partial charge in [-0.25, -0.2) is 4.98 Å². The van der Waals surface area contributed by atoms with Gasteiger partial charge in [0, 0.05) is 15.3 Å². The van der Waals surface area contributed by atoms with E-state index in [4.69, 9.17) is 0 Å². The van der Waals surface area contributed by atoms with E-state index in [1.807, 2.05) is 0 Å². The van der Waals surface area contributed by atoms with E-state index in [-0.39, 0.29) is 0 Å². The minimum absolute atomic E-state index is 0.741. The molecule has 0 radical (unpaired) electrons. The lowest BCUT2D eigenvalue weighted by atomic mass is 10.1. The Bertz CT molecular complexity index is 724. The quantitative estimate of drug-likeness (QED) is 0.542. The minimum Gasteiger partial charge on any atom is -0.229 e. The number of thiophene rings is 1. The highest BCUT2D eigenvalue weighted by Crippen LogP contribution is 2.48. The second-order valence-corrected chi connectivity index (χ2v) is 8.26. The number of halogens is 1. The lowest BCUT2D eigenvalue weighted by molar-refractivity contribution is 1.16. The molecule has 1 aromatic carbocycles. The Morgan fingerprint density at radius 2 is 1.80 bits per heavy atom. The van der Waals surface area contributed by atoms with E-state index in [1.165, 1.54) is 39.4 Å². The van der Waals surface area contributed by atoms with Crippen molar-refractivity contribution >= 4 is 38.6 Å². The van der Waals surface area contributed by atoms with Crippen LogP contribution in [0.15, 0.2) is 45.7 Å². The highest BCUT2D eigenvalue weighted by Gasteiger charge is 2.29. The van der Waals surface area contributed by atoms with Gasteiger partial charge in [0.1, 0.15) is 0 Å². The molecule has 4 rings (SSSR count). The molecule has 3 aromatic rings. The third kappa shape index (κ3) is 2.36. The molecular weight excluding hydrogens is 350 g/mol. The second-order valence-electron chi connectivity index (χ2n) is 5.01. The molecule has 0 saturated heterocycles. The van der Waals surface area contributed by atoms with Crippen molar-refractivity contribution in [1.82, 2.24) is 4.98 Å². The summed E-state index contributed by atoms with van der Waals surface area (Å²) in [6, 6.07) is 13.0. The number of hydrogen-bond acceptors (Lipinski definition) is 3. The van der Waals surface area contributed by atoms with Crippen molar-refractivity contribution in [3.05, 3.63) is 50.6 Å². The number of nitrogens with zero attached hydrogens (tertiary/aromatic N) is 1. The Morgan fingerprint density at radius 3 is 2.45 bits per heavy atom. The normalized spacial score (nSPS) is 14.7. The summed E-state index contributed by atoms with van der Waals surface area (Å²) >= 11 is 7.10. The van der Waals surface area contributed by atoms with Gasteiger partial charge in [0.25, 0.3) is 0 Å². The molecule has 0 atom stereocenters. The Kier molecular flexibility index (Phi) is 3.25. The summed E-state index contributed by atoms with van der Waals surface area (Å²) < 4.78 is 0.997. The molecule has 1 fully saturated rings. The first-order valence-corrected chi connectivity index (χ1v) is 9.11. The van der Waals surface area contributed by atoms with Gasteiger partial charge in [-0.15, -0.1) is 22.7 Å². The van der Waals surface area contributed by atoms with Gasteiger partial charge >= 0.3 is 0 Å². The van der Waals surface area contributed by atoms with Crippen LogP contribution in [0.4, 0.5) is 0 Å². The molecule has 2 heterocycles. The van der Waals surface area contributed by atoms with Crippen LogP contribution in [-0.4, -0.2) is 4.98 Å². The molecule has 20 heavy (non-hydrogen) atoms. The first-order valence-electron chi connectivity index (χ1n) is 6.62. The zero-order valence-electron chi connectivity index (χ0n) is 10.7. The highest BCUT2D eigenvalue weighted by molar-refractivity contribution is 9.11. The van der Waals surface area contributed by atoms with E-state index in [2.05, 4.69) is 62.7 Å². The summed E-state index contributed by atoms with van der Waals surface area (Å²) in [6.45, 7) is 0. The Morgan fingerprint density at radius 1 is 1.05 bits per heavy atom. The highest BCUT2D eigenvalue weighted by atomic mass is 79.9. The van der Waals surface area contributed by atoms with Crippen molar-refractivity contribution in [2.75, 3.05) is 0 Å². The summed E-state index contributed by atoms with van der Waals surface area (Å²) in [5, 5.41) is 2.12. The van der Waals surface area contributed by atoms with Gasteiger partial charge in [0.2, 0.25) is 0 Å². The number of rotatable bonds is 3. The van der Waals surface area contributed by atoms with E-state index < -0.39 is 0 Å².